The Morgan fingerprint density at radius 1 is 1.32 bits per heavy atom. The van der Waals surface area contributed by atoms with Crippen molar-refractivity contribution in [2.75, 3.05) is 20.2 Å². The molecule has 0 bridgehead atoms. The van der Waals surface area contributed by atoms with Gasteiger partial charge in [-0.3, -0.25) is 4.90 Å². The number of phenolic OH excluding ortho intramolecular Hbond substituents is 1. The van der Waals surface area contributed by atoms with Crippen LogP contribution in [0.5, 0.6) is 11.5 Å². The first-order valence-electron chi connectivity index (χ1n) is 6.93. The summed E-state index contributed by atoms with van der Waals surface area (Å²) in [6, 6.07) is 5.44. The molecule has 0 radical (unpaired) electrons. The second-order valence-electron chi connectivity index (χ2n) is 5.59. The van der Waals surface area contributed by atoms with Crippen molar-refractivity contribution in [2.45, 2.75) is 38.3 Å². The zero-order valence-electron chi connectivity index (χ0n) is 11.9. The Labute approximate surface area is 115 Å². The molecule has 3 N–H and O–H groups in total. The van der Waals surface area contributed by atoms with Crippen LogP contribution in [-0.4, -0.2) is 35.9 Å². The van der Waals surface area contributed by atoms with E-state index in [1.807, 2.05) is 12.1 Å². The monoisotopic (exact) mass is 264 g/mol. The van der Waals surface area contributed by atoms with Gasteiger partial charge >= 0.3 is 0 Å². The lowest BCUT2D eigenvalue weighted by Crippen LogP contribution is -2.56. The highest BCUT2D eigenvalue weighted by molar-refractivity contribution is 5.42. The van der Waals surface area contributed by atoms with Gasteiger partial charge < -0.3 is 15.6 Å². The first-order chi connectivity index (χ1) is 9.03. The number of likely N-dealkylation sites (tertiary alicyclic amines) is 1. The summed E-state index contributed by atoms with van der Waals surface area (Å²) in [5.74, 6) is 0.676. The first-order valence-corrected chi connectivity index (χ1v) is 6.93. The van der Waals surface area contributed by atoms with Crippen LogP contribution in [0.25, 0.3) is 0 Å². The third-order valence-corrected chi connectivity index (χ3v) is 3.88. The molecule has 1 aliphatic rings. The molecule has 4 heteroatoms. The molecule has 1 aliphatic heterocycles. The quantitative estimate of drug-likeness (QED) is 0.874. The van der Waals surface area contributed by atoms with E-state index in [1.165, 1.54) is 19.3 Å². The first kappa shape index (κ1) is 14.2. The van der Waals surface area contributed by atoms with Crippen molar-refractivity contribution >= 4 is 0 Å². The summed E-state index contributed by atoms with van der Waals surface area (Å²) in [5.41, 5.74) is 7.22. The van der Waals surface area contributed by atoms with Crippen molar-refractivity contribution in [2.24, 2.45) is 5.73 Å². The van der Waals surface area contributed by atoms with Gasteiger partial charge in [-0.05, 0) is 50.6 Å². The van der Waals surface area contributed by atoms with E-state index >= 15 is 0 Å². The highest BCUT2D eigenvalue weighted by Gasteiger charge is 2.28. The fourth-order valence-corrected chi connectivity index (χ4v) is 2.76. The van der Waals surface area contributed by atoms with Gasteiger partial charge in [-0.2, -0.15) is 0 Å². The summed E-state index contributed by atoms with van der Waals surface area (Å²) in [6.07, 6.45) is 4.51. The van der Waals surface area contributed by atoms with E-state index < -0.39 is 0 Å². The zero-order chi connectivity index (χ0) is 13.9. The van der Waals surface area contributed by atoms with Gasteiger partial charge in [-0.25, -0.2) is 0 Å². The number of rotatable bonds is 4. The molecule has 0 spiro atoms. The van der Waals surface area contributed by atoms with Crippen LogP contribution in [-0.2, 0) is 6.42 Å². The Kier molecular flexibility index (Phi) is 4.32. The molecule has 1 saturated heterocycles. The predicted molar refractivity (Wildman–Crippen MR) is 76.4 cm³/mol. The highest BCUT2D eigenvalue weighted by Crippen LogP contribution is 2.28. The normalized spacial score (nSPS) is 19.9. The largest absolute Gasteiger partial charge is 0.504 e. The maximum Gasteiger partial charge on any atom is 0.160 e. The molecule has 1 fully saturated rings. The highest BCUT2D eigenvalue weighted by atomic mass is 16.5. The van der Waals surface area contributed by atoms with Gasteiger partial charge in [0, 0.05) is 6.42 Å². The van der Waals surface area contributed by atoms with Gasteiger partial charge in [0.25, 0.3) is 0 Å². The smallest absolute Gasteiger partial charge is 0.160 e. The van der Waals surface area contributed by atoms with Crippen molar-refractivity contribution in [3.8, 4) is 11.5 Å². The Morgan fingerprint density at radius 2 is 2.00 bits per heavy atom. The molecule has 1 aromatic carbocycles. The number of phenols is 1. The number of piperidine rings is 1. The second-order valence-corrected chi connectivity index (χ2v) is 5.59. The number of methoxy groups -OCH3 is 1. The molecule has 2 rings (SSSR count). The molecular formula is C15H24N2O2. The van der Waals surface area contributed by atoms with Crippen molar-refractivity contribution in [3.05, 3.63) is 23.8 Å². The van der Waals surface area contributed by atoms with Crippen molar-refractivity contribution < 1.29 is 9.84 Å². The van der Waals surface area contributed by atoms with Gasteiger partial charge in [0.15, 0.2) is 11.5 Å². The Hall–Kier alpha value is -1.26. The molecule has 0 saturated carbocycles. The summed E-state index contributed by atoms with van der Waals surface area (Å²) in [5, 5.41) is 9.62. The van der Waals surface area contributed by atoms with Gasteiger partial charge in [-0.15, -0.1) is 0 Å². The van der Waals surface area contributed by atoms with Crippen LogP contribution in [0.2, 0.25) is 0 Å². The van der Waals surface area contributed by atoms with Crippen molar-refractivity contribution in [1.29, 1.82) is 0 Å². The number of hydrogen-bond donors (Lipinski definition) is 2. The zero-order valence-corrected chi connectivity index (χ0v) is 11.9. The molecule has 4 nitrogen and oxygen atoms in total. The number of ether oxygens (including phenoxy) is 1. The van der Waals surface area contributed by atoms with Gasteiger partial charge in [-0.1, -0.05) is 12.5 Å². The third-order valence-electron chi connectivity index (χ3n) is 3.88. The van der Waals surface area contributed by atoms with Crippen molar-refractivity contribution in [1.82, 2.24) is 4.90 Å². The Bertz CT molecular complexity index is 426. The van der Waals surface area contributed by atoms with Crippen LogP contribution in [0, 0.1) is 0 Å². The van der Waals surface area contributed by atoms with E-state index in [4.69, 9.17) is 10.5 Å². The molecular weight excluding hydrogens is 240 g/mol. The number of nitrogens with zero attached hydrogens (tertiary/aromatic N) is 1. The molecule has 106 valence electrons. The fraction of sp³-hybridized carbons (Fsp3) is 0.600. The topological polar surface area (TPSA) is 58.7 Å². The number of hydrogen-bond acceptors (Lipinski definition) is 4. The minimum atomic E-state index is -0.345. The van der Waals surface area contributed by atoms with E-state index in [-0.39, 0.29) is 11.4 Å². The number of benzene rings is 1. The SMILES string of the molecule is COc1cc(CC(C)(N)N2CCCCC2)ccc1O. The minimum Gasteiger partial charge on any atom is -0.504 e. The standard InChI is InChI=1S/C15H24N2O2/c1-15(16,17-8-4-3-5-9-17)11-12-6-7-13(18)14(10-12)19-2/h6-7,10,18H,3-5,8-9,11,16H2,1-2H3. The third kappa shape index (κ3) is 3.39. The van der Waals surface area contributed by atoms with Gasteiger partial charge in [0.2, 0.25) is 0 Å². The molecule has 1 unspecified atom stereocenters. The average Bonchev–Trinajstić information content (AvgIpc) is 2.42. The van der Waals surface area contributed by atoms with Gasteiger partial charge in [0.1, 0.15) is 0 Å². The number of nitrogens with two attached hydrogens (primary N) is 1. The fourth-order valence-electron chi connectivity index (χ4n) is 2.76. The summed E-state index contributed by atoms with van der Waals surface area (Å²) < 4.78 is 5.14. The van der Waals surface area contributed by atoms with Crippen LogP contribution in [0.1, 0.15) is 31.7 Å². The molecule has 0 aromatic heterocycles. The summed E-state index contributed by atoms with van der Waals surface area (Å²) in [6.45, 7) is 4.22. The van der Waals surface area contributed by atoms with Crippen LogP contribution < -0.4 is 10.5 Å². The molecule has 0 aliphatic carbocycles. The molecule has 1 aromatic rings. The van der Waals surface area contributed by atoms with E-state index in [0.29, 0.717) is 5.75 Å². The maximum absolute atomic E-state index is 9.62. The maximum atomic E-state index is 9.62. The summed E-state index contributed by atoms with van der Waals surface area (Å²) in [7, 11) is 1.56. The van der Waals surface area contributed by atoms with E-state index in [9.17, 15) is 5.11 Å². The lowest BCUT2D eigenvalue weighted by Gasteiger charge is -2.40. The van der Waals surface area contributed by atoms with E-state index in [1.54, 1.807) is 13.2 Å². The average molecular weight is 264 g/mol. The summed E-state index contributed by atoms with van der Waals surface area (Å²) >= 11 is 0. The Morgan fingerprint density at radius 3 is 2.63 bits per heavy atom. The molecule has 1 atom stereocenters. The van der Waals surface area contributed by atoms with Crippen LogP contribution >= 0.6 is 0 Å². The van der Waals surface area contributed by atoms with Crippen molar-refractivity contribution in [3.63, 3.8) is 0 Å². The lowest BCUT2D eigenvalue weighted by atomic mass is 9.97. The predicted octanol–water partition coefficient (Wildman–Crippen LogP) is 2.10. The second kappa shape index (κ2) is 5.80. The molecule has 19 heavy (non-hydrogen) atoms. The van der Waals surface area contributed by atoms with Gasteiger partial charge in [0.05, 0.1) is 12.8 Å². The van der Waals surface area contributed by atoms with E-state index in [0.717, 1.165) is 25.1 Å². The Balaban J connectivity index is 2.10. The van der Waals surface area contributed by atoms with Crippen LogP contribution in [0.4, 0.5) is 0 Å². The molecule has 0 amide bonds. The minimum absolute atomic E-state index is 0.169. The van der Waals surface area contributed by atoms with Crippen LogP contribution in [0.15, 0.2) is 18.2 Å². The molecule has 1 heterocycles. The number of aromatic hydroxyl groups is 1. The summed E-state index contributed by atoms with van der Waals surface area (Å²) in [4.78, 5) is 2.36. The van der Waals surface area contributed by atoms with E-state index in [2.05, 4.69) is 11.8 Å². The van der Waals surface area contributed by atoms with Crippen LogP contribution in [0.3, 0.4) is 0 Å². The lowest BCUT2D eigenvalue weighted by molar-refractivity contribution is 0.0855.